The molecule has 0 saturated carbocycles. The monoisotopic (exact) mass is 321 g/mol. The van der Waals surface area contributed by atoms with E-state index in [1.807, 2.05) is 13.8 Å². The van der Waals surface area contributed by atoms with Crippen LogP contribution in [0.3, 0.4) is 0 Å². The van der Waals surface area contributed by atoms with Crippen molar-refractivity contribution in [3.8, 4) is 0 Å². The van der Waals surface area contributed by atoms with Gasteiger partial charge in [0, 0.05) is 19.9 Å². The van der Waals surface area contributed by atoms with Crippen molar-refractivity contribution >= 4 is 17.7 Å². The zero-order valence-electron chi connectivity index (χ0n) is 13.3. The highest BCUT2D eigenvalue weighted by Gasteiger charge is 2.21. The van der Waals surface area contributed by atoms with E-state index in [-0.39, 0.29) is 18.1 Å². The van der Waals surface area contributed by atoms with E-state index in [2.05, 4.69) is 20.4 Å². The van der Waals surface area contributed by atoms with Gasteiger partial charge in [-0.15, -0.1) is 0 Å². The number of esters is 1. The van der Waals surface area contributed by atoms with Gasteiger partial charge in [-0.05, 0) is 5.92 Å². The summed E-state index contributed by atoms with van der Waals surface area (Å²) in [6, 6.07) is 0. The van der Waals surface area contributed by atoms with Gasteiger partial charge in [-0.1, -0.05) is 13.8 Å². The predicted molar refractivity (Wildman–Crippen MR) is 80.0 cm³/mol. The molecular weight excluding hydrogens is 302 g/mol. The maximum Gasteiger partial charge on any atom is 0.342 e. The molecule has 9 heteroatoms. The minimum atomic E-state index is -0.625. The highest BCUT2D eigenvalue weighted by Crippen LogP contribution is 2.19. The van der Waals surface area contributed by atoms with Crippen LogP contribution >= 0.6 is 0 Å². The van der Waals surface area contributed by atoms with E-state index in [1.54, 1.807) is 0 Å². The van der Waals surface area contributed by atoms with Gasteiger partial charge in [0.25, 0.3) is 11.7 Å². The Balaban J connectivity index is 2.09. The Hall–Kier alpha value is -2.55. The Morgan fingerprint density at radius 3 is 2.83 bits per heavy atom. The summed E-state index contributed by atoms with van der Waals surface area (Å²) in [5.74, 6) is -0.611. The second-order valence-corrected chi connectivity index (χ2v) is 5.10. The molecule has 0 spiro atoms. The number of rotatable bonds is 7. The van der Waals surface area contributed by atoms with Crippen LogP contribution in [0.2, 0.25) is 0 Å². The predicted octanol–water partition coefficient (Wildman–Crippen LogP) is 0.167. The topological polar surface area (TPSA) is 108 Å². The summed E-state index contributed by atoms with van der Waals surface area (Å²) in [5.41, 5.74) is 0.903. The van der Waals surface area contributed by atoms with Crippen LogP contribution in [0, 0.1) is 0 Å². The van der Waals surface area contributed by atoms with Gasteiger partial charge in [-0.25, -0.2) is 14.3 Å². The first kappa shape index (κ1) is 16.8. The molecule has 0 bridgehead atoms. The third-order valence-electron chi connectivity index (χ3n) is 3.07. The zero-order valence-corrected chi connectivity index (χ0v) is 13.3. The van der Waals surface area contributed by atoms with Gasteiger partial charge in [-0.2, -0.15) is 10.1 Å². The number of fused-ring (bicyclic) bond motifs is 1. The fourth-order valence-corrected chi connectivity index (χ4v) is 2.06. The number of hydrogen-bond donors (Lipinski definition) is 1. The quantitative estimate of drug-likeness (QED) is 0.572. The molecule has 2 aromatic heterocycles. The van der Waals surface area contributed by atoms with Crippen LogP contribution in [0.25, 0.3) is 5.78 Å². The van der Waals surface area contributed by atoms with Crippen LogP contribution in [-0.2, 0) is 14.3 Å². The van der Waals surface area contributed by atoms with Crippen molar-refractivity contribution in [1.29, 1.82) is 0 Å². The number of nitrogens with one attached hydrogen (secondary N) is 1. The molecule has 0 unspecified atom stereocenters. The molecule has 124 valence electrons. The molecule has 9 nitrogen and oxygen atoms in total. The number of nitrogens with zero attached hydrogens (tertiary/aromatic N) is 4. The van der Waals surface area contributed by atoms with Gasteiger partial charge in [0.2, 0.25) is 0 Å². The SMILES string of the molecule is COCCNC(=O)COC(=O)c1cnc2ncnn2c1C(C)C. The van der Waals surface area contributed by atoms with E-state index < -0.39 is 11.9 Å². The van der Waals surface area contributed by atoms with Gasteiger partial charge in [-0.3, -0.25) is 4.79 Å². The zero-order chi connectivity index (χ0) is 16.8. The molecule has 0 fully saturated rings. The van der Waals surface area contributed by atoms with Crippen LogP contribution in [-0.4, -0.2) is 58.3 Å². The molecule has 1 amide bonds. The molecule has 0 aromatic carbocycles. The van der Waals surface area contributed by atoms with E-state index >= 15 is 0 Å². The van der Waals surface area contributed by atoms with Crippen molar-refractivity contribution in [3.05, 3.63) is 23.8 Å². The summed E-state index contributed by atoms with van der Waals surface area (Å²) >= 11 is 0. The molecule has 1 N–H and O–H groups in total. The molecule has 2 heterocycles. The van der Waals surface area contributed by atoms with Crippen LogP contribution < -0.4 is 5.32 Å². The van der Waals surface area contributed by atoms with Crippen molar-refractivity contribution in [2.75, 3.05) is 26.9 Å². The minimum absolute atomic E-state index is 0.000259. The molecule has 0 saturated heterocycles. The fourth-order valence-electron chi connectivity index (χ4n) is 2.06. The van der Waals surface area contributed by atoms with E-state index in [4.69, 9.17) is 9.47 Å². The smallest absolute Gasteiger partial charge is 0.342 e. The van der Waals surface area contributed by atoms with Crippen LogP contribution in [0.15, 0.2) is 12.5 Å². The second kappa shape index (κ2) is 7.63. The second-order valence-electron chi connectivity index (χ2n) is 5.10. The molecule has 2 aromatic rings. The summed E-state index contributed by atoms with van der Waals surface area (Å²) in [6.45, 7) is 4.23. The van der Waals surface area contributed by atoms with Crippen molar-refractivity contribution in [2.24, 2.45) is 0 Å². The van der Waals surface area contributed by atoms with Crippen LogP contribution in [0.4, 0.5) is 0 Å². The summed E-state index contributed by atoms with van der Waals surface area (Å²) < 4.78 is 11.4. The molecule has 0 atom stereocenters. The average Bonchev–Trinajstić information content (AvgIpc) is 3.00. The van der Waals surface area contributed by atoms with E-state index in [0.717, 1.165) is 0 Å². The number of carbonyl (C=O) groups is 2. The number of hydrogen-bond acceptors (Lipinski definition) is 7. The van der Waals surface area contributed by atoms with Crippen molar-refractivity contribution in [1.82, 2.24) is 24.9 Å². The molecule has 2 rings (SSSR count). The fraction of sp³-hybridized carbons (Fsp3) is 0.500. The van der Waals surface area contributed by atoms with Gasteiger partial charge in [0.05, 0.1) is 17.9 Å². The Morgan fingerprint density at radius 1 is 1.35 bits per heavy atom. The largest absolute Gasteiger partial charge is 0.452 e. The van der Waals surface area contributed by atoms with E-state index in [1.165, 1.54) is 24.1 Å². The molecule has 23 heavy (non-hydrogen) atoms. The molecule has 0 aliphatic rings. The summed E-state index contributed by atoms with van der Waals surface area (Å²) in [4.78, 5) is 31.9. The first-order valence-electron chi connectivity index (χ1n) is 7.16. The minimum Gasteiger partial charge on any atom is -0.452 e. The van der Waals surface area contributed by atoms with Crippen molar-refractivity contribution in [2.45, 2.75) is 19.8 Å². The molecule has 0 radical (unpaired) electrons. The summed E-state index contributed by atoms with van der Waals surface area (Å²) in [7, 11) is 1.53. The number of methoxy groups -OCH3 is 1. The third-order valence-corrected chi connectivity index (χ3v) is 3.07. The van der Waals surface area contributed by atoms with Gasteiger partial charge < -0.3 is 14.8 Å². The lowest BCUT2D eigenvalue weighted by atomic mass is 10.1. The highest BCUT2D eigenvalue weighted by molar-refractivity contribution is 5.92. The lowest BCUT2D eigenvalue weighted by molar-refractivity contribution is -0.124. The van der Waals surface area contributed by atoms with Crippen LogP contribution in [0.1, 0.15) is 35.8 Å². The van der Waals surface area contributed by atoms with Crippen molar-refractivity contribution < 1.29 is 19.1 Å². The summed E-state index contributed by atoms with van der Waals surface area (Å²) in [6.07, 6.45) is 2.76. The molecule has 0 aliphatic heterocycles. The number of ether oxygens (including phenoxy) is 2. The number of amides is 1. The van der Waals surface area contributed by atoms with Gasteiger partial charge >= 0.3 is 5.97 Å². The number of carbonyl (C=O) groups excluding carboxylic acids is 2. The van der Waals surface area contributed by atoms with Crippen molar-refractivity contribution in [3.63, 3.8) is 0 Å². The maximum absolute atomic E-state index is 12.2. The Bertz CT molecular complexity index is 698. The lowest BCUT2D eigenvalue weighted by Gasteiger charge is -2.13. The maximum atomic E-state index is 12.2. The highest BCUT2D eigenvalue weighted by atomic mass is 16.5. The van der Waals surface area contributed by atoms with E-state index in [9.17, 15) is 9.59 Å². The Labute approximate surface area is 133 Å². The van der Waals surface area contributed by atoms with Gasteiger partial charge in [0.1, 0.15) is 6.33 Å². The average molecular weight is 321 g/mol. The first-order chi connectivity index (χ1) is 11.0. The number of aromatic nitrogens is 4. The molecule has 0 aliphatic carbocycles. The first-order valence-corrected chi connectivity index (χ1v) is 7.16. The normalized spacial score (nSPS) is 11.0. The van der Waals surface area contributed by atoms with Gasteiger partial charge in [0.15, 0.2) is 6.61 Å². The standard InChI is InChI=1S/C14H19N5O4/c1-9(2)12-10(6-16-14-17-8-18-19(12)14)13(21)23-7-11(20)15-4-5-22-3/h6,8-9H,4-5,7H2,1-3H3,(H,15,20). The van der Waals surface area contributed by atoms with E-state index in [0.29, 0.717) is 24.6 Å². The lowest BCUT2D eigenvalue weighted by Crippen LogP contribution is -2.31. The summed E-state index contributed by atoms with van der Waals surface area (Å²) in [5, 5.41) is 6.64. The van der Waals surface area contributed by atoms with Crippen LogP contribution in [0.5, 0.6) is 0 Å². The Morgan fingerprint density at radius 2 is 2.13 bits per heavy atom. The third kappa shape index (κ3) is 4.01. The Kier molecular flexibility index (Phi) is 5.58. The molecular formula is C14H19N5O4.